The lowest BCUT2D eigenvalue weighted by Crippen LogP contribution is -2.34. The van der Waals surface area contributed by atoms with Gasteiger partial charge in [0.2, 0.25) is 5.78 Å². The Bertz CT molecular complexity index is 888. The fourth-order valence-electron chi connectivity index (χ4n) is 2.94. The summed E-state index contributed by atoms with van der Waals surface area (Å²) in [6, 6.07) is 4.62. The van der Waals surface area contributed by atoms with Crippen LogP contribution in [0.15, 0.2) is 30.6 Å². The van der Waals surface area contributed by atoms with Gasteiger partial charge in [-0.15, -0.1) is 0 Å². The van der Waals surface area contributed by atoms with Gasteiger partial charge >= 0.3 is 0 Å². The predicted octanol–water partition coefficient (Wildman–Crippen LogP) is 4.40. The Hall–Kier alpha value is -1.50. The van der Waals surface area contributed by atoms with Crippen molar-refractivity contribution in [2.45, 2.75) is 0 Å². The van der Waals surface area contributed by atoms with Gasteiger partial charge in [-0.25, -0.2) is 9.37 Å². The van der Waals surface area contributed by atoms with Crippen LogP contribution >= 0.6 is 35.0 Å². The lowest BCUT2D eigenvalue weighted by Gasteiger charge is -2.31. The summed E-state index contributed by atoms with van der Waals surface area (Å²) in [5.74, 6) is 2.86. The molecule has 0 atom stereocenters. The van der Waals surface area contributed by atoms with Crippen molar-refractivity contribution in [2.75, 3.05) is 29.5 Å². The van der Waals surface area contributed by atoms with Crippen LogP contribution in [0.3, 0.4) is 0 Å². The van der Waals surface area contributed by atoms with E-state index in [1.54, 1.807) is 18.3 Å². The molecule has 0 N–H and O–H groups in total. The molecule has 0 radical (unpaired) electrons. The summed E-state index contributed by atoms with van der Waals surface area (Å²) in [7, 11) is 0. The molecule has 0 unspecified atom stereocenters. The van der Waals surface area contributed by atoms with Gasteiger partial charge in [-0.3, -0.25) is 4.40 Å². The molecule has 0 amide bonds. The Labute approximate surface area is 152 Å². The molecular weight excluding hydrogens is 370 g/mol. The smallest absolute Gasteiger partial charge is 0.236 e. The molecule has 0 spiro atoms. The number of hydrogen-bond acceptors (Lipinski definition) is 4. The fourth-order valence-corrected chi connectivity index (χ4v) is 4.35. The molecule has 124 valence electrons. The minimum absolute atomic E-state index is 0.203. The van der Waals surface area contributed by atoms with Gasteiger partial charge in [0.25, 0.3) is 0 Å². The second-order valence-electron chi connectivity index (χ2n) is 5.39. The number of benzene rings is 1. The summed E-state index contributed by atoms with van der Waals surface area (Å²) in [6.45, 7) is 1.69. The van der Waals surface area contributed by atoms with E-state index >= 15 is 0 Å². The maximum absolute atomic E-state index is 14.6. The molecule has 4 rings (SSSR count). The van der Waals surface area contributed by atoms with Crippen LogP contribution in [0.1, 0.15) is 0 Å². The van der Waals surface area contributed by atoms with Crippen molar-refractivity contribution in [1.29, 1.82) is 0 Å². The van der Waals surface area contributed by atoms with E-state index in [0.29, 0.717) is 16.4 Å². The lowest BCUT2D eigenvalue weighted by molar-refractivity contribution is 0.631. The van der Waals surface area contributed by atoms with Crippen molar-refractivity contribution in [3.8, 4) is 11.1 Å². The summed E-state index contributed by atoms with van der Waals surface area (Å²) in [4.78, 5) is 10.7. The van der Waals surface area contributed by atoms with E-state index in [0.717, 1.165) is 30.4 Å². The third kappa shape index (κ3) is 2.62. The van der Waals surface area contributed by atoms with Crippen molar-refractivity contribution < 1.29 is 4.39 Å². The number of hydrogen-bond donors (Lipinski definition) is 0. The predicted molar refractivity (Wildman–Crippen MR) is 97.9 cm³/mol. The summed E-state index contributed by atoms with van der Waals surface area (Å²) in [6.07, 6.45) is 3.47. The van der Waals surface area contributed by atoms with Crippen molar-refractivity contribution in [1.82, 2.24) is 14.4 Å². The molecule has 1 fully saturated rings. The highest BCUT2D eigenvalue weighted by Crippen LogP contribution is 2.41. The van der Waals surface area contributed by atoms with Gasteiger partial charge in [0.1, 0.15) is 16.8 Å². The maximum atomic E-state index is 14.6. The van der Waals surface area contributed by atoms with E-state index in [9.17, 15) is 4.39 Å². The van der Waals surface area contributed by atoms with Gasteiger partial charge in [-0.05, 0) is 12.1 Å². The highest BCUT2D eigenvalue weighted by atomic mass is 35.5. The van der Waals surface area contributed by atoms with Crippen LogP contribution in [0.25, 0.3) is 16.9 Å². The molecule has 1 saturated heterocycles. The van der Waals surface area contributed by atoms with Gasteiger partial charge < -0.3 is 4.90 Å². The van der Waals surface area contributed by atoms with Gasteiger partial charge in [0.05, 0.1) is 10.6 Å². The van der Waals surface area contributed by atoms with Crippen molar-refractivity contribution >= 4 is 46.6 Å². The third-order valence-electron chi connectivity index (χ3n) is 4.00. The molecule has 0 saturated carbocycles. The first-order chi connectivity index (χ1) is 11.7. The lowest BCUT2D eigenvalue weighted by atomic mass is 10.1. The van der Waals surface area contributed by atoms with Crippen LogP contribution < -0.4 is 4.90 Å². The maximum Gasteiger partial charge on any atom is 0.236 e. The molecule has 0 aliphatic carbocycles. The number of fused-ring (bicyclic) bond motifs is 1. The number of nitrogens with zero attached hydrogens (tertiary/aromatic N) is 4. The van der Waals surface area contributed by atoms with Crippen LogP contribution in [-0.2, 0) is 0 Å². The first kappa shape index (κ1) is 16.0. The molecule has 8 heteroatoms. The largest absolute Gasteiger partial charge is 0.355 e. The van der Waals surface area contributed by atoms with E-state index in [1.807, 2.05) is 22.4 Å². The molecule has 1 aromatic carbocycles. The van der Waals surface area contributed by atoms with Gasteiger partial charge in [0, 0.05) is 42.6 Å². The normalized spacial score (nSPS) is 15.2. The second kappa shape index (κ2) is 6.43. The molecule has 3 heterocycles. The van der Waals surface area contributed by atoms with Crippen molar-refractivity contribution in [3.63, 3.8) is 0 Å². The third-order valence-corrected chi connectivity index (χ3v) is 5.53. The summed E-state index contributed by atoms with van der Waals surface area (Å²) in [5.41, 5.74) is 0.789. The molecule has 24 heavy (non-hydrogen) atoms. The molecular formula is C16H13Cl2FN4S. The fraction of sp³-hybridized carbons (Fsp3) is 0.250. The van der Waals surface area contributed by atoms with Crippen LogP contribution in [-0.4, -0.2) is 39.0 Å². The van der Waals surface area contributed by atoms with Crippen molar-refractivity contribution in [2.24, 2.45) is 0 Å². The number of thioether (sulfide) groups is 1. The summed E-state index contributed by atoms with van der Waals surface area (Å²) >= 11 is 14.6. The highest BCUT2D eigenvalue weighted by Gasteiger charge is 2.26. The monoisotopic (exact) mass is 382 g/mol. The summed E-state index contributed by atoms with van der Waals surface area (Å²) in [5, 5.41) is 0.514. The number of anilines is 1. The molecule has 1 aliphatic heterocycles. The van der Waals surface area contributed by atoms with Gasteiger partial charge in [-0.2, -0.15) is 16.7 Å². The highest BCUT2D eigenvalue weighted by molar-refractivity contribution is 7.99. The molecule has 4 nitrogen and oxygen atoms in total. The van der Waals surface area contributed by atoms with E-state index in [-0.39, 0.29) is 10.7 Å². The molecule has 1 aliphatic rings. The minimum atomic E-state index is -0.418. The number of halogens is 3. The Morgan fingerprint density at radius 1 is 1.12 bits per heavy atom. The summed E-state index contributed by atoms with van der Waals surface area (Å²) < 4.78 is 16.4. The van der Waals surface area contributed by atoms with Crippen LogP contribution in [0.4, 0.5) is 10.2 Å². The van der Waals surface area contributed by atoms with Crippen LogP contribution in [0.5, 0.6) is 0 Å². The Morgan fingerprint density at radius 3 is 2.67 bits per heavy atom. The average molecular weight is 383 g/mol. The van der Waals surface area contributed by atoms with Crippen LogP contribution in [0, 0.1) is 5.82 Å². The topological polar surface area (TPSA) is 33.4 Å². The zero-order valence-electron chi connectivity index (χ0n) is 12.5. The molecule has 3 aromatic rings. The second-order valence-corrected chi connectivity index (χ2v) is 7.38. The Morgan fingerprint density at radius 2 is 1.92 bits per heavy atom. The van der Waals surface area contributed by atoms with Crippen LogP contribution in [0.2, 0.25) is 10.2 Å². The zero-order chi connectivity index (χ0) is 16.7. The SMILES string of the molecule is Fc1cccc(Cl)c1-c1c(Cl)nc2nccn2c1N1CCSCC1. The number of imidazole rings is 1. The number of rotatable bonds is 2. The Kier molecular flexibility index (Phi) is 4.28. The average Bonchev–Trinajstić information content (AvgIpc) is 3.03. The first-order valence-electron chi connectivity index (χ1n) is 7.46. The minimum Gasteiger partial charge on any atom is -0.355 e. The quantitative estimate of drug-likeness (QED) is 0.615. The molecule has 0 bridgehead atoms. The van der Waals surface area contributed by atoms with Gasteiger partial charge in [-0.1, -0.05) is 29.3 Å². The van der Waals surface area contributed by atoms with E-state index < -0.39 is 5.82 Å². The van der Waals surface area contributed by atoms with E-state index in [2.05, 4.69) is 14.9 Å². The van der Waals surface area contributed by atoms with E-state index in [1.165, 1.54) is 6.07 Å². The van der Waals surface area contributed by atoms with Crippen molar-refractivity contribution in [3.05, 3.63) is 46.6 Å². The zero-order valence-corrected chi connectivity index (χ0v) is 14.9. The standard InChI is InChI=1S/C16H13Cl2FN4S/c17-10-2-1-3-11(19)12(10)13-14(18)21-16-20-4-5-23(16)15(13)22-6-8-24-9-7-22/h1-5H,6-9H2. The number of aromatic nitrogens is 3. The first-order valence-corrected chi connectivity index (χ1v) is 9.37. The van der Waals surface area contributed by atoms with Gasteiger partial charge in [0.15, 0.2) is 0 Å². The Balaban J connectivity index is 2.05. The van der Waals surface area contributed by atoms with E-state index in [4.69, 9.17) is 23.2 Å². The molecule has 2 aromatic heterocycles.